The number of aliphatic hydroxyl groups is 1. The second-order valence-corrected chi connectivity index (χ2v) is 5.23. The third-order valence-corrected chi connectivity index (χ3v) is 3.57. The van der Waals surface area contributed by atoms with Crippen LogP contribution < -0.4 is 0 Å². The minimum absolute atomic E-state index is 0.114. The molecule has 0 spiro atoms. The van der Waals surface area contributed by atoms with Gasteiger partial charge in [-0.15, -0.1) is 0 Å². The van der Waals surface area contributed by atoms with E-state index in [1.807, 2.05) is 0 Å². The summed E-state index contributed by atoms with van der Waals surface area (Å²) in [6.07, 6.45) is -2.82. The van der Waals surface area contributed by atoms with Crippen molar-refractivity contribution in [3.63, 3.8) is 0 Å². The van der Waals surface area contributed by atoms with Gasteiger partial charge in [0.1, 0.15) is 0 Å². The molecule has 0 radical (unpaired) electrons. The summed E-state index contributed by atoms with van der Waals surface area (Å²) in [5.74, 6) is -6.77. The van der Waals surface area contributed by atoms with Gasteiger partial charge in [-0.25, -0.2) is 14.4 Å². The van der Waals surface area contributed by atoms with Gasteiger partial charge in [0.25, 0.3) is 0 Å². The first-order valence-electron chi connectivity index (χ1n) is 7.33. The number of ether oxygens (including phenoxy) is 1. The standard InChI is InChI=1S/C18H14O8/c19-13(11-7-3-1-4-8-11)18(17(24)25,14(20)15(21)22)26-16(23)12-9-5-2-6-10-12/h1-10,14,20H,(H,21,22)(H,24,25)/t14?,18-/m0/s1. The summed E-state index contributed by atoms with van der Waals surface area (Å²) in [5, 5.41) is 28.6. The molecule has 26 heavy (non-hydrogen) atoms. The maximum Gasteiger partial charge on any atom is 0.360 e. The van der Waals surface area contributed by atoms with Crippen molar-refractivity contribution in [2.75, 3.05) is 0 Å². The van der Waals surface area contributed by atoms with Gasteiger partial charge < -0.3 is 20.1 Å². The summed E-state index contributed by atoms with van der Waals surface area (Å²) < 4.78 is 4.81. The van der Waals surface area contributed by atoms with Crippen molar-refractivity contribution in [3.8, 4) is 0 Å². The van der Waals surface area contributed by atoms with Crippen LogP contribution in [0.5, 0.6) is 0 Å². The van der Waals surface area contributed by atoms with Gasteiger partial charge in [0, 0.05) is 5.56 Å². The molecule has 0 fully saturated rings. The zero-order valence-electron chi connectivity index (χ0n) is 13.2. The average molecular weight is 358 g/mol. The predicted molar refractivity (Wildman–Crippen MR) is 86.6 cm³/mol. The minimum Gasteiger partial charge on any atom is -0.479 e. The van der Waals surface area contributed by atoms with Gasteiger partial charge in [-0.3, -0.25) is 4.79 Å². The number of hydrogen-bond acceptors (Lipinski definition) is 6. The molecular formula is C18H14O8. The van der Waals surface area contributed by atoms with Crippen LogP contribution in [0.2, 0.25) is 0 Å². The molecule has 0 aromatic heterocycles. The van der Waals surface area contributed by atoms with E-state index in [0.717, 1.165) is 0 Å². The molecule has 3 N–H and O–H groups in total. The first-order valence-corrected chi connectivity index (χ1v) is 7.33. The molecule has 0 amide bonds. The van der Waals surface area contributed by atoms with Crippen molar-refractivity contribution in [3.05, 3.63) is 71.8 Å². The van der Waals surface area contributed by atoms with Crippen molar-refractivity contribution in [1.82, 2.24) is 0 Å². The Balaban J connectivity index is 2.57. The largest absolute Gasteiger partial charge is 0.479 e. The quantitative estimate of drug-likeness (QED) is 0.378. The van der Waals surface area contributed by atoms with Crippen molar-refractivity contribution >= 4 is 23.7 Å². The van der Waals surface area contributed by atoms with E-state index < -0.39 is 35.4 Å². The first kappa shape index (κ1) is 18.8. The third kappa shape index (κ3) is 3.45. The van der Waals surface area contributed by atoms with Crippen molar-refractivity contribution in [2.45, 2.75) is 11.7 Å². The zero-order chi connectivity index (χ0) is 19.3. The SMILES string of the molecule is O=C(O[C@@](C(=O)O)(C(=O)c1ccccc1)C(O)C(=O)O)c1ccccc1. The van der Waals surface area contributed by atoms with Crippen LogP contribution in [0.25, 0.3) is 0 Å². The third-order valence-electron chi connectivity index (χ3n) is 3.57. The van der Waals surface area contributed by atoms with Gasteiger partial charge in [-0.1, -0.05) is 48.5 Å². The van der Waals surface area contributed by atoms with Crippen LogP contribution in [0.3, 0.4) is 0 Å². The molecule has 0 aliphatic heterocycles. The van der Waals surface area contributed by atoms with Crippen molar-refractivity contribution in [1.29, 1.82) is 0 Å². The Bertz CT molecular complexity index is 831. The lowest BCUT2D eigenvalue weighted by atomic mass is 9.87. The summed E-state index contributed by atoms with van der Waals surface area (Å²) in [5.41, 5.74) is -3.70. The number of benzene rings is 2. The van der Waals surface area contributed by atoms with Gasteiger partial charge in [-0.05, 0) is 12.1 Å². The molecule has 8 nitrogen and oxygen atoms in total. The maximum absolute atomic E-state index is 12.7. The van der Waals surface area contributed by atoms with Gasteiger partial charge in [0.2, 0.25) is 11.9 Å². The average Bonchev–Trinajstić information content (AvgIpc) is 2.65. The normalized spacial score (nSPS) is 13.9. The highest BCUT2D eigenvalue weighted by atomic mass is 16.6. The lowest BCUT2D eigenvalue weighted by Crippen LogP contribution is -2.61. The van der Waals surface area contributed by atoms with Crippen LogP contribution in [-0.2, 0) is 14.3 Å². The van der Waals surface area contributed by atoms with E-state index in [4.69, 9.17) is 9.84 Å². The number of carboxylic acids is 2. The zero-order valence-corrected chi connectivity index (χ0v) is 13.2. The lowest BCUT2D eigenvalue weighted by Gasteiger charge is -2.30. The van der Waals surface area contributed by atoms with E-state index in [-0.39, 0.29) is 11.1 Å². The summed E-state index contributed by atoms with van der Waals surface area (Å²) in [6, 6.07) is 13.9. The highest BCUT2D eigenvalue weighted by Gasteiger charge is 2.59. The number of Topliss-reactive ketones (excluding diaryl/α,β-unsaturated/α-hetero) is 1. The number of carbonyl (C=O) groups excluding carboxylic acids is 2. The van der Waals surface area contributed by atoms with Crippen LogP contribution in [0.4, 0.5) is 0 Å². The van der Waals surface area contributed by atoms with E-state index >= 15 is 0 Å². The fraction of sp³-hybridized carbons (Fsp3) is 0.111. The number of rotatable bonds is 7. The molecule has 0 aliphatic rings. The minimum atomic E-state index is -3.35. The number of ketones is 1. The van der Waals surface area contributed by atoms with E-state index in [9.17, 15) is 29.4 Å². The fourth-order valence-electron chi connectivity index (χ4n) is 2.24. The van der Waals surface area contributed by atoms with Gasteiger partial charge in [-0.2, -0.15) is 0 Å². The Kier molecular flexibility index (Phi) is 5.48. The summed E-state index contributed by atoms with van der Waals surface area (Å²) in [7, 11) is 0. The highest BCUT2D eigenvalue weighted by molar-refractivity contribution is 6.19. The molecule has 2 rings (SSSR count). The van der Waals surface area contributed by atoms with E-state index in [1.165, 1.54) is 48.5 Å². The van der Waals surface area contributed by atoms with Crippen molar-refractivity contribution < 1.29 is 39.2 Å². The van der Waals surface area contributed by atoms with Crippen LogP contribution in [-0.4, -0.2) is 50.7 Å². The van der Waals surface area contributed by atoms with Gasteiger partial charge in [0.15, 0.2) is 0 Å². The highest BCUT2D eigenvalue weighted by Crippen LogP contribution is 2.25. The Morgan fingerprint density at radius 2 is 1.27 bits per heavy atom. The molecule has 0 aliphatic carbocycles. The molecule has 0 heterocycles. The molecule has 8 heteroatoms. The van der Waals surface area contributed by atoms with Crippen LogP contribution >= 0.6 is 0 Å². The van der Waals surface area contributed by atoms with E-state index in [2.05, 4.69) is 0 Å². The summed E-state index contributed by atoms with van der Waals surface area (Å²) >= 11 is 0. The molecule has 134 valence electrons. The summed E-state index contributed by atoms with van der Waals surface area (Å²) in [6.45, 7) is 0. The number of esters is 1. The fourth-order valence-corrected chi connectivity index (χ4v) is 2.24. The molecule has 2 aromatic carbocycles. The molecule has 0 saturated heterocycles. The summed E-state index contributed by atoms with van der Waals surface area (Å²) in [4.78, 5) is 48.1. The number of aliphatic hydroxyl groups excluding tert-OH is 1. The van der Waals surface area contributed by atoms with Gasteiger partial charge >= 0.3 is 23.5 Å². The number of carbonyl (C=O) groups is 4. The maximum atomic E-state index is 12.7. The van der Waals surface area contributed by atoms with Crippen molar-refractivity contribution in [2.24, 2.45) is 0 Å². The van der Waals surface area contributed by atoms with Crippen LogP contribution in [0.15, 0.2) is 60.7 Å². The molecule has 0 saturated carbocycles. The van der Waals surface area contributed by atoms with E-state index in [1.54, 1.807) is 12.1 Å². The molecule has 2 aromatic rings. The topological polar surface area (TPSA) is 138 Å². The second kappa shape index (κ2) is 7.58. The second-order valence-electron chi connectivity index (χ2n) is 5.23. The monoisotopic (exact) mass is 358 g/mol. The first-order chi connectivity index (χ1) is 12.3. The molecule has 2 atom stereocenters. The Hall–Kier alpha value is -3.52. The Morgan fingerprint density at radius 3 is 1.69 bits per heavy atom. The number of aliphatic carboxylic acids is 2. The lowest BCUT2D eigenvalue weighted by molar-refractivity contribution is -0.176. The number of carboxylic acid groups (broad SMARTS) is 2. The smallest absolute Gasteiger partial charge is 0.360 e. The molecule has 1 unspecified atom stereocenters. The van der Waals surface area contributed by atoms with E-state index in [0.29, 0.717) is 0 Å². The predicted octanol–water partition coefficient (Wildman–Crippen LogP) is 0.995. The Labute approximate surface area is 147 Å². The van der Waals surface area contributed by atoms with Crippen LogP contribution in [0, 0.1) is 0 Å². The van der Waals surface area contributed by atoms with Gasteiger partial charge in [0.05, 0.1) is 5.56 Å². The number of hydrogen-bond donors (Lipinski definition) is 3. The van der Waals surface area contributed by atoms with Crippen LogP contribution in [0.1, 0.15) is 20.7 Å². The Morgan fingerprint density at radius 1 is 0.808 bits per heavy atom. The molecular weight excluding hydrogens is 344 g/mol. The molecule has 0 bridgehead atoms.